The highest BCUT2D eigenvalue weighted by Gasteiger charge is 2.52. The molecule has 0 unspecified atom stereocenters. The van der Waals surface area contributed by atoms with Gasteiger partial charge in [-0.15, -0.1) is 0 Å². The van der Waals surface area contributed by atoms with E-state index in [0.29, 0.717) is 17.3 Å². The third-order valence-electron chi connectivity index (χ3n) is 7.70. The van der Waals surface area contributed by atoms with Crippen LogP contribution >= 0.6 is 0 Å². The fourth-order valence-electron chi connectivity index (χ4n) is 6.31. The largest absolute Gasteiger partial charge is 0.467 e. The molecule has 0 bridgehead atoms. The van der Waals surface area contributed by atoms with Crippen LogP contribution in [0.3, 0.4) is 0 Å². The van der Waals surface area contributed by atoms with Gasteiger partial charge in [0.15, 0.2) is 13.6 Å². The molecular formula is C26H40O4. The van der Waals surface area contributed by atoms with Crippen molar-refractivity contribution in [3.8, 4) is 11.5 Å². The number of ether oxygens (including phenoxy) is 4. The maximum atomic E-state index is 6.00. The molecular weight excluding hydrogens is 376 g/mol. The molecule has 4 heteroatoms. The molecule has 0 saturated heterocycles. The van der Waals surface area contributed by atoms with Gasteiger partial charge >= 0.3 is 0 Å². The molecule has 3 rings (SSSR count). The molecule has 0 amide bonds. The number of hydrogen-bond donors (Lipinski definition) is 0. The molecule has 0 heterocycles. The van der Waals surface area contributed by atoms with Crippen molar-refractivity contribution in [2.75, 3.05) is 27.8 Å². The van der Waals surface area contributed by atoms with Crippen molar-refractivity contribution in [1.82, 2.24) is 0 Å². The van der Waals surface area contributed by atoms with Crippen LogP contribution in [0.4, 0.5) is 0 Å². The zero-order chi connectivity index (χ0) is 21.9. The van der Waals surface area contributed by atoms with Gasteiger partial charge in [-0.3, -0.25) is 0 Å². The lowest BCUT2D eigenvalue weighted by molar-refractivity contribution is -0.0522. The minimum absolute atomic E-state index is 0.221. The van der Waals surface area contributed by atoms with Crippen molar-refractivity contribution in [1.29, 1.82) is 0 Å². The number of benzene rings is 1. The topological polar surface area (TPSA) is 36.9 Å². The summed E-state index contributed by atoms with van der Waals surface area (Å²) in [6, 6.07) is 4.18. The minimum atomic E-state index is 0.221. The van der Waals surface area contributed by atoms with Crippen molar-refractivity contribution in [3.63, 3.8) is 0 Å². The van der Waals surface area contributed by atoms with Gasteiger partial charge in [0.1, 0.15) is 11.5 Å². The van der Waals surface area contributed by atoms with Crippen molar-refractivity contribution in [2.24, 2.45) is 22.7 Å². The summed E-state index contributed by atoms with van der Waals surface area (Å²) in [5, 5.41) is 0. The van der Waals surface area contributed by atoms with Crippen LogP contribution in [0.5, 0.6) is 11.5 Å². The van der Waals surface area contributed by atoms with Gasteiger partial charge in [0.25, 0.3) is 0 Å². The number of allylic oxidation sites excluding steroid dienone is 1. The first kappa shape index (κ1) is 23.1. The molecule has 0 spiro atoms. The Morgan fingerprint density at radius 1 is 1.00 bits per heavy atom. The van der Waals surface area contributed by atoms with Crippen molar-refractivity contribution >= 4 is 0 Å². The second kappa shape index (κ2) is 9.32. The van der Waals surface area contributed by atoms with Crippen molar-refractivity contribution < 1.29 is 18.9 Å². The maximum Gasteiger partial charge on any atom is 0.188 e. The van der Waals surface area contributed by atoms with Gasteiger partial charge in [0.2, 0.25) is 0 Å². The fourth-order valence-corrected chi connectivity index (χ4v) is 6.31. The summed E-state index contributed by atoms with van der Waals surface area (Å²) in [5.74, 6) is 2.81. The predicted octanol–water partition coefficient (Wildman–Crippen LogP) is 6.30. The molecule has 2 saturated carbocycles. The molecule has 2 fully saturated rings. The van der Waals surface area contributed by atoms with E-state index in [1.807, 2.05) is 0 Å². The lowest BCUT2D eigenvalue weighted by Crippen LogP contribution is -2.50. The Balaban J connectivity index is 2.00. The van der Waals surface area contributed by atoms with E-state index < -0.39 is 0 Å². The average molecular weight is 417 g/mol. The lowest BCUT2D eigenvalue weighted by atomic mass is 9.47. The molecule has 1 aromatic carbocycles. The Kier molecular flexibility index (Phi) is 7.19. The van der Waals surface area contributed by atoms with Crippen molar-refractivity contribution in [3.05, 3.63) is 35.4 Å². The number of hydrogen-bond acceptors (Lipinski definition) is 4. The Morgan fingerprint density at radius 2 is 1.60 bits per heavy atom. The Morgan fingerprint density at radius 3 is 2.17 bits per heavy atom. The minimum Gasteiger partial charge on any atom is -0.467 e. The maximum absolute atomic E-state index is 6.00. The summed E-state index contributed by atoms with van der Waals surface area (Å²) < 4.78 is 22.4. The number of fused-ring (bicyclic) bond motifs is 1. The van der Waals surface area contributed by atoms with E-state index in [2.05, 4.69) is 46.4 Å². The molecule has 2 aliphatic rings. The van der Waals surface area contributed by atoms with Gasteiger partial charge in [-0.25, -0.2) is 0 Å². The zero-order valence-electron chi connectivity index (χ0n) is 19.8. The second-order valence-electron chi connectivity index (χ2n) is 10.2. The molecule has 168 valence electrons. The molecule has 0 aliphatic heterocycles. The van der Waals surface area contributed by atoms with Gasteiger partial charge in [-0.1, -0.05) is 39.3 Å². The normalized spacial score (nSPS) is 28.1. The molecule has 0 radical (unpaired) electrons. The molecule has 4 nitrogen and oxygen atoms in total. The summed E-state index contributed by atoms with van der Waals surface area (Å²) in [6.45, 7) is 14.5. The highest BCUT2D eigenvalue weighted by atomic mass is 16.7. The van der Waals surface area contributed by atoms with Crippen LogP contribution in [-0.4, -0.2) is 27.8 Å². The number of rotatable bonds is 8. The predicted molar refractivity (Wildman–Crippen MR) is 121 cm³/mol. The SMILES string of the molecule is C=C1CC[C@@H]2C(C)(C)CCC[C@@]2(C)[C@@H]1Cc1c(OCOC)cc(C)cc1OCOC. The molecule has 1 aromatic rings. The van der Waals surface area contributed by atoms with Crippen LogP contribution in [0.1, 0.15) is 64.0 Å². The third kappa shape index (κ3) is 4.55. The van der Waals surface area contributed by atoms with E-state index in [-0.39, 0.29) is 19.0 Å². The first-order valence-corrected chi connectivity index (χ1v) is 11.3. The molecule has 0 aromatic heterocycles. The summed E-state index contributed by atoms with van der Waals surface area (Å²) in [6.07, 6.45) is 7.12. The monoisotopic (exact) mass is 416 g/mol. The zero-order valence-corrected chi connectivity index (χ0v) is 19.8. The van der Waals surface area contributed by atoms with E-state index >= 15 is 0 Å². The summed E-state index contributed by atoms with van der Waals surface area (Å²) in [7, 11) is 3.30. The highest BCUT2D eigenvalue weighted by Crippen LogP contribution is 2.61. The lowest BCUT2D eigenvalue weighted by Gasteiger charge is -2.58. The van der Waals surface area contributed by atoms with E-state index in [0.717, 1.165) is 35.5 Å². The molecule has 0 N–H and O–H groups in total. The first-order chi connectivity index (χ1) is 14.2. The average Bonchev–Trinajstić information content (AvgIpc) is 2.67. The van der Waals surface area contributed by atoms with Crippen LogP contribution in [-0.2, 0) is 15.9 Å². The smallest absolute Gasteiger partial charge is 0.188 e. The highest BCUT2D eigenvalue weighted by molar-refractivity contribution is 5.49. The van der Waals surface area contributed by atoms with Gasteiger partial charge < -0.3 is 18.9 Å². The summed E-state index contributed by atoms with van der Waals surface area (Å²) >= 11 is 0. The number of methoxy groups -OCH3 is 2. The van der Waals surface area contributed by atoms with Crippen LogP contribution in [0.2, 0.25) is 0 Å². The fraction of sp³-hybridized carbons (Fsp3) is 0.692. The van der Waals surface area contributed by atoms with Crippen LogP contribution < -0.4 is 9.47 Å². The van der Waals surface area contributed by atoms with E-state index in [1.165, 1.54) is 31.3 Å². The summed E-state index contributed by atoms with van der Waals surface area (Å²) in [4.78, 5) is 0. The van der Waals surface area contributed by atoms with Gasteiger partial charge in [0, 0.05) is 19.8 Å². The number of aryl methyl sites for hydroxylation is 1. The van der Waals surface area contributed by atoms with Gasteiger partial charge in [-0.2, -0.15) is 0 Å². The van der Waals surface area contributed by atoms with E-state index in [4.69, 9.17) is 18.9 Å². The van der Waals surface area contributed by atoms with Gasteiger partial charge in [-0.05, 0) is 79.4 Å². The van der Waals surface area contributed by atoms with Crippen molar-refractivity contribution in [2.45, 2.75) is 66.2 Å². The Labute approximate surface area is 182 Å². The van der Waals surface area contributed by atoms with E-state index in [9.17, 15) is 0 Å². The summed E-state index contributed by atoms with van der Waals surface area (Å²) in [5.41, 5.74) is 4.21. The Hall–Kier alpha value is -1.52. The standard InChI is InChI=1S/C26H40O4/c1-18-13-22(29-16-27-6)20(23(14-18)30-17-28-7)15-21-19(2)9-10-24-25(3,4)11-8-12-26(21,24)5/h13-14,21,24H,2,8-12,15-17H2,1,3-7H3/t21-,24-,26+/m1/s1. The quantitative estimate of drug-likeness (QED) is 0.368. The van der Waals surface area contributed by atoms with E-state index in [1.54, 1.807) is 14.2 Å². The van der Waals surface area contributed by atoms with Gasteiger partial charge in [0.05, 0.1) is 0 Å². The van der Waals surface area contributed by atoms with Crippen LogP contribution in [0.15, 0.2) is 24.3 Å². The molecule has 2 aliphatic carbocycles. The third-order valence-corrected chi connectivity index (χ3v) is 7.70. The van der Waals surface area contributed by atoms with Crippen LogP contribution in [0, 0.1) is 29.6 Å². The second-order valence-corrected chi connectivity index (χ2v) is 10.2. The Bertz CT molecular complexity index is 724. The first-order valence-electron chi connectivity index (χ1n) is 11.3. The molecule has 3 atom stereocenters. The molecule has 30 heavy (non-hydrogen) atoms. The van der Waals surface area contributed by atoms with Crippen LogP contribution in [0.25, 0.3) is 0 Å².